The number of hydrogen-bond donors (Lipinski definition) is 5. The van der Waals surface area contributed by atoms with E-state index in [1.165, 1.54) is 12.1 Å². The van der Waals surface area contributed by atoms with E-state index in [2.05, 4.69) is 25.8 Å². The molecule has 6 N–H and O–H groups in total. The van der Waals surface area contributed by atoms with E-state index in [9.17, 15) is 9.18 Å². The lowest BCUT2D eigenvalue weighted by Crippen LogP contribution is -2.38. The third-order valence-electron chi connectivity index (χ3n) is 5.80. The van der Waals surface area contributed by atoms with E-state index < -0.39 is 12.1 Å². The number of hydrogen-bond acceptors (Lipinski definition) is 4. The van der Waals surface area contributed by atoms with E-state index in [4.69, 9.17) is 22.3 Å². The number of urea groups is 1. The molecule has 0 spiro atoms. The number of H-pyrrole nitrogens is 2. The topological polar surface area (TPSA) is 125 Å². The first-order valence-electron chi connectivity index (χ1n) is 11.3. The molecule has 2 heterocycles. The molecule has 0 aliphatic rings. The number of amides is 2. The molecule has 2 aromatic heterocycles. The summed E-state index contributed by atoms with van der Waals surface area (Å²) in [5.74, 6) is 0.566. The van der Waals surface area contributed by atoms with Crippen LogP contribution in [-0.4, -0.2) is 26.2 Å². The number of nitrogen functional groups attached to an aromatic ring is 1. The van der Waals surface area contributed by atoms with Crippen LogP contribution in [0.4, 0.5) is 15.0 Å². The van der Waals surface area contributed by atoms with Gasteiger partial charge in [0, 0.05) is 17.5 Å². The Balaban J connectivity index is 1.39. The Labute approximate surface area is 211 Å². The first kappa shape index (κ1) is 23.4. The van der Waals surface area contributed by atoms with Gasteiger partial charge < -0.3 is 21.4 Å². The highest BCUT2D eigenvalue weighted by molar-refractivity contribution is 6.32. The molecule has 8 nitrogen and oxygen atoms in total. The largest absolute Gasteiger partial charge is 0.382 e. The predicted octanol–water partition coefficient (Wildman–Crippen LogP) is 5.11. The van der Waals surface area contributed by atoms with E-state index in [-0.39, 0.29) is 12.4 Å². The van der Waals surface area contributed by atoms with E-state index in [0.29, 0.717) is 34.5 Å². The molecule has 0 aliphatic heterocycles. The maximum atomic E-state index is 13.5. The second-order valence-electron chi connectivity index (χ2n) is 8.35. The number of aromatic nitrogens is 4. The molecule has 5 rings (SSSR count). The van der Waals surface area contributed by atoms with Gasteiger partial charge in [0.25, 0.3) is 0 Å². The standard InChI is InChI=1S/C26H23ClFN7O/c27-23-22(17-9-10-19-20(13-17)34-35-24(19)29)32-25(33-23)21(12-15-5-2-1-3-6-15)31-26(36)30-14-16-7-4-8-18(28)11-16/h1-11,13,21H,12,14H2,(H,32,33)(H3,29,34,35)(H2,30,31,36)/t21-/m0/s1. The van der Waals surface area contributed by atoms with Crippen LogP contribution in [0.1, 0.15) is 23.0 Å². The Morgan fingerprint density at radius 1 is 1.06 bits per heavy atom. The highest BCUT2D eigenvalue weighted by atomic mass is 35.5. The number of nitrogens with zero attached hydrogens (tertiary/aromatic N) is 2. The molecule has 2 amide bonds. The van der Waals surface area contributed by atoms with Crippen LogP contribution in [-0.2, 0) is 13.0 Å². The normalized spacial score (nSPS) is 11.9. The van der Waals surface area contributed by atoms with Crippen molar-refractivity contribution in [1.82, 2.24) is 30.8 Å². The average Bonchev–Trinajstić information content (AvgIpc) is 3.45. The van der Waals surface area contributed by atoms with Gasteiger partial charge in [0.15, 0.2) is 5.82 Å². The summed E-state index contributed by atoms with van der Waals surface area (Å²) < 4.78 is 13.5. The SMILES string of the molecule is Nc1n[nH]c2cc(-c3nc([C@H](Cc4ccccc4)NC(=O)NCc4cccc(F)c4)[nH]c3Cl)ccc12. The molecule has 36 heavy (non-hydrogen) atoms. The maximum absolute atomic E-state index is 13.5. The third kappa shape index (κ3) is 5.16. The summed E-state index contributed by atoms with van der Waals surface area (Å²) in [5, 5.41) is 13.8. The second kappa shape index (κ2) is 10.1. The molecule has 0 saturated heterocycles. The lowest BCUT2D eigenvalue weighted by molar-refractivity contribution is 0.236. The van der Waals surface area contributed by atoms with Gasteiger partial charge in [0.1, 0.15) is 22.5 Å². The molecule has 10 heteroatoms. The smallest absolute Gasteiger partial charge is 0.315 e. The number of benzene rings is 3. The third-order valence-corrected chi connectivity index (χ3v) is 6.08. The zero-order valence-electron chi connectivity index (χ0n) is 19.1. The van der Waals surface area contributed by atoms with Gasteiger partial charge in [-0.25, -0.2) is 14.2 Å². The fourth-order valence-corrected chi connectivity index (χ4v) is 4.27. The van der Waals surface area contributed by atoms with Gasteiger partial charge in [-0.3, -0.25) is 5.10 Å². The molecule has 0 unspecified atom stereocenters. The van der Waals surface area contributed by atoms with Crippen LogP contribution in [0.15, 0.2) is 72.8 Å². The zero-order valence-corrected chi connectivity index (χ0v) is 19.8. The number of anilines is 1. The molecular formula is C26H23ClFN7O. The summed E-state index contributed by atoms with van der Waals surface area (Å²) in [6, 6.07) is 20.5. The van der Waals surface area contributed by atoms with Crippen LogP contribution in [0.5, 0.6) is 0 Å². The molecule has 1 atom stereocenters. The summed E-state index contributed by atoms with van der Waals surface area (Å²) >= 11 is 6.54. The van der Waals surface area contributed by atoms with E-state index in [1.54, 1.807) is 12.1 Å². The minimum Gasteiger partial charge on any atom is -0.382 e. The Bertz CT molecular complexity index is 1520. The highest BCUT2D eigenvalue weighted by Gasteiger charge is 2.22. The summed E-state index contributed by atoms with van der Waals surface area (Å²) in [6.07, 6.45) is 0.480. The van der Waals surface area contributed by atoms with Crippen LogP contribution < -0.4 is 16.4 Å². The number of halogens is 2. The van der Waals surface area contributed by atoms with Crippen molar-refractivity contribution in [3.05, 3.63) is 101 Å². The molecule has 5 aromatic rings. The number of imidazole rings is 1. The molecule has 0 saturated carbocycles. The van der Waals surface area contributed by atoms with Gasteiger partial charge in [-0.1, -0.05) is 60.1 Å². The van der Waals surface area contributed by atoms with Crippen molar-refractivity contribution < 1.29 is 9.18 Å². The van der Waals surface area contributed by atoms with Crippen molar-refractivity contribution in [2.75, 3.05) is 5.73 Å². The Hall–Kier alpha value is -4.37. The molecular weight excluding hydrogens is 481 g/mol. The lowest BCUT2D eigenvalue weighted by atomic mass is 10.1. The predicted molar refractivity (Wildman–Crippen MR) is 138 cm³/mol. The van der Waals surface area contributed by atoms with Crippen LogP contribution in [0, 0.1) is 5.82 Å². The number of rotatable bonds is 7. The summed E-state index contributed by atoms with van der Waals surface area (Å²) in [7, 11) is 0. The van der Waals surface area contributed by atoms with Crippen LogP contribution >= 0.6 is 11.6 Å². The first-order chi connectivity index (χ1) is 17.5. The second-order valence-corrected chi connectivity index (χ2v) is 8.73. The average molecular weight is 504 g/mol. The fourth-order valence-electron chi connectivity index (χ4n) is 4.02. The lowest BCUT2D eigenvalue weighted by Gasteiger charge is -2.17. The Morgan fingerprint density at radius 2 is 1.86 bits per heavy atom. The summed E-state index contributed by atoms with van der Waals surface area (Å²) in [5.41, 5.74) is 9.62. The molecule has 0 radical (unpaired) electrons. The monoisotopic (exact) mass is 503 g/mol. The Kier molecular flexibility index (Phi) is 6.55. The maximum Gasteiger partial charge on any atom is 0.315 e. The summed E-state index contributed by atoms with van der Waals surface area (Å²) in [6.45, 7) is 0.180. The molecule has 0 aliphatic carbocycles. The van der Waals surface area contributed by atoms with Gasteiger partial charge in [-0.2, -0.15) is 5.10 Å². The van der Waals surface area contributed by atoms with Gasteiger partial charge in [0.05, 0.1) is 11.6 Å². The first-order valence-corrected chi connectivity index (χ1v) is 11.7. The Morgan fingerprint density at radius 3 is 2.67 bits per heavy atom. The van der Waals surface area contributed by atoms with Crippen molar-refractivity contribution in [2.45, 2.75) is 19.0 Å². The number of carbonyl (C=O) groups excluding carboxylic acids is 1. The van der Waals surface area contributed by atoms with Crippen LogP contribution in [0.3, 0.4) is 0 Å². The summed E-state index contributed by atoms with van der Waals surface area (Å²) in [4.78, 5) is 20.6. The number of fused-ring (bicyclic) bond motifs is 1. The molecule has 0 fully saturated rings. The van der Waals surface area contributed by atoms with Gasteiger partial charge >= 0.3 is 6.03 Å². The molecule has 0 bridgehead atoms. The van der Waals surface area contributed by atoms with E-state index in [1.807, 2.05) is 48.5 Å². The quantitative estimate of drug-likeness (QED) is 0.211. The van der Waals surface area contributed by atoms with Crippen molar-refractivity contribution in [3.63, 3.8) is 0 Å². The number of nitrogens with two attached hydrogens (primary N) is 1. The van der Waals surface area contributed by atoms with Gasteiger partial charge in [0.2, 0.25) is 0 Å². The van der Waals surface area contributed by atoms with Crippen LogP contribution in [0.2, 0.25) is 5.15 Å². The van der Waals surface area contributed by atoms with E-state index >= 15 is 0 Å². The minimum absolute atomic E-state index is 0.180. The molecule has 3 aromatic carbocycles. The number of carbonyl (C=O) groups is 1. The number of nitrogens with one attached hydrogen (secondary N) is 4. The fraction of sp³-hybridized carbons (Fsp3) is 0.115. The zero-order chi connectivity index (χ0) is 25.1. The number of aromatic amines is 2. The van der Waals surface area contributed by atoms with E-state index in [0.717, 1.165) is 22.0 Å². The molecule has 182 valence electrons. The van der Waals surface area contributed by atoms with Crippen molar-refractivity contribution >= 4 is 34.4 Å². The van der Waals surface area contributed by atoms with Gasteiger partial charge in [-0.15, -0.1) is 0 Å². The van der Waals surface area contributed by atoms with Crippen molar-refractivity contribution in [1.29, 1.82) is 0 Å². The van der Waals surface area contributed by atoms with Crippen molar-refractivity contribution in [2.24, 2.45) is 0 Å². The van der Waals surface area contributed by atoms with Crippen molar-refractivity contribution in [3.8, 4) is 11.3 Å². The highest BCUT2D eigenvalue weighted by Crippen LogP contribution is 2.31. The van der Waals surface area contributed by atoms with Gasteiger partial charge in [-0.05, 0) is 41.8 Å². The minimum atomic E-state index is -0.502. The van der Waals surface area contributed by atoms with Crippen LogP contribution in [0.25, 0.3) is 22.2 Å².